The number of benzene rings is 6. The Morgan fingerprint density at radius 2 is 0.904 bits per heavy atom. The van der Waals surface area contributed by atoms with E-state index < -0.39 is 35.7 Å². The van der Waals surface area contributed by atoms with Gasteiger partial charge in [-0.25, -0.2) is 0 Å². The van der Waals surface area contributed by atoms with Crippen molar-refractivity contribution in [2.75, 3.05) is 0 Å². The van der Waals surface area contributed by atoms with Crippen molar-refractivity contribution in [3.05, 3.63) is 153 Å². The van der Waals surface area contributed by atoms with Gasteiger partial charge in [0.2, 0.25) is 0 Å². The summed E-state index contributed by atoms with van der Waals surface area (Å²) < 4.78 is 6.65. The summed E-state index contributed by atoms with van der Waals surface area (Å²) in [5, 5.41) is 98.2. The van der Waals surface area contributed by atoms with E-state index >= 15 is 0 Å². The molecular formula is C42H32O10. The van der Waals surface area contributed by atoms with Crippen LogP contribution in [0.25, 0.3) is 0 Å². The van der Waals surface area contributed by atoms with Crippen LogP contribution in [0.3, 0.4) is 0 Å². The highest BCUT2D eigenvalue weighted by Crippen LogP contribution is 2.70. The van der Waals surface area contributed by atoms with E-state index in [-0.39, 0.29) is 51.7 Å². The quantitative estimate of drug-likeness (QED) is 0.0836. The fourth-order valence-electron chi connectivity index (χ4n) is 9.13. The molecule has 9 rings (SSSR count). The van der Waals surface area contributed by atoms with Gasteiger partial charge in [0, 0.05) is 58.6 Å². The molecule has 0 aromatic heterocycles. The first-order valence-electron chi connectivity index (χ1n) is 16.7. The van der Waals surface area contributed by atoms with Crippen molar-refractivity contribution in [3.8, 4) is 57.5 Å². The van der Waals surface area contributed by atoms with Gasteiger partial charge in [-0.3, -0.25) is 0 Å². The standard InChI is InChI=1S/C42H32O10/c43-22-6-1-18(2-7-22)33-35(21-11-24(45)14-25(46)12-21)40-34(19-3-8-23(44)9-4-19)36-27(15-26(47)16-30(36)50)37-39-32(17-31(51)38(33)41(39)40)52-42(37)20-5-10-28(48)29(49)13-20/h1-17,33-35,37,40,42-51H. The third-order valence-corrected chi connectivity index (χ3v) is 11.0. The minimum atomic E-state index is -0.859. The molecule has 10 heteroatoms. The highest BCUT2D eigenvalue weighted by atomic mass is 16.5. The molecular weight excluding hydrogens is 664 g/mol. The number of hydrogen-bond donors (Lipinski definition) is 9. The second-order valence-corrected chi connectivity index (χ2v) is 13.8. The lowest BCUT2D eigenvalue weighted by Crippen LogP contribution is -2.20. The molecule has 0 saturated heterocycles. The maximum atomic E-state index is 12.1. The van der Waals surface area contributed by atoms with Gasteiger partial charge in [0.15, 0.2) is 11.5 Å². The SMILES string of the molecule is Oc1ccc(C2c3c(O)cc4c5c3C(C(c3ccc(O)cc3)c3c(O)cc(O)cc3C5C(c3ccc(O)c(O)c3)O4)C2c2cc(O)cc(O)c2)cc1. The normalized spacial score (nSPS) is 22.3. The Kier molecular flexibility index (Phi) is 6.72. The summed E-state index contributed by atoms with van der Waals surface area (Å²) in [6.45, 7) is 0. The smallest absolute Gasteiger partial charge is 0.157 e. The number of fused-ring (bicyclic) bond motifs is 2. The molecule has 0 spiro atoms. The van der Waals surface area contributed by atoms with E-state index in [1.807, 2.05) is 0 Å². The van der Waals surface area contributed by atoms with Crippen molar-refractivity contribution in [2.24, 2.45) is 0 Å². The van der Waals surface area contributed by atoms with E-state index in [4.69, 9.17) is 4.74 Å². The predicted molar refractivity (Wildman–Crippen MR) is 188 cm³/mol. The van der Waals surface area contributed by atoms with E-state index in [9.17, 15) is 46.0 Å². The molecule has 0 amide bonds. The van der Waals surface area contributed by atoms with Crippen molar-refractivity contribution >= 4 is 0 Å². The van der Waals surface area contributed by atoms with E-state index in [1.54, 1.807) is 72.8 Å². The average molecular weight is 697 g/mol. The van der Waals surface area contributed by atoms with Gasteiger partial charge in [0.25, 0.3) is 0 Å². The van der Waals surface area contributed by atoms with Crippen LogP contribution < -0.4 is 4.74 Å². The van der Waals surface area contributed by atoms with E-state index in [1.165, 1.54) is 30.3 Å². The number of phenols is 9. The van der Waals surface area contributed by atoms with Crippen LogP contribution in [-0.2, 0) is 0 Å². The molecule has 6 unspecified atom stereocenters. The largest absolute Gasteiger partial charge is 0.508 e. The lowest BCUT2D eigenvalue weighted by molar-refractivity contribution is 0.220. The Balaban J connectivity index is 1.44. The highest BCUT2D eigenvalue weighted by Gasteiger charge is 2.56. The van der Waals surface area contributed by atoms with Gasteiger partial charge in [-0.15, -0.1) is 0 Å². The van der Waals surface area contributed by atoms with Crippen LogP contribution in [-0.4, -0.2) is 46.0 Å². The van der Waals surface area contributed by atoms with Crippen LogP contribution in [0.15, 0.2) is 103 Å². The fraction of sp³-hybridized carbons (Fsp3) is 0.143. The molecule has 0 fully saturated rings. The zero-order chi connectivity index (χ0) is 36.2. The number of hydrogen-bond acceptors (Lipinski definition) is 10. The topological polar surface area (TPSA) is 191 Å². The molecule has 1 heterocycles. The number of aromatic hydroxyl groups is 9. The Labute approximate surface area is 296 Å². The first-order chi connectivity index (χ1) is 25.0. The van der Waals surface area contributed by atoms with Crippen LogP contribution in [0.4, 0.5) is 0 Å². The van der Waals surface area contributed by atoms with Crippen LogP contribution in [0.2, 0.25) is 0 Å². The summed E-state index contributed by atoms with van der Waals surface area (Å²) in [5.74, 6) is -4.47. The average Bonchev–Trinajstić information content (AvgIpc) is 3.61. The molecule has 260 valence electrons. The van der Waals surface area contributed by atoms with Crippen LogP contribution in [0, 0.1) is 0 Å². The van der Waals surface area contributed by atoms with Crippen LogP contribution in [0.1, 0.15) is 85.8 Å². The lowest BCUT2D eigenvalue weighted by Gasteiger charge is -2.34. The maximum Gasteiger partial charge on any atom is 0.157 e. The molecule has 1 aliphatic heterocycles. The predicted octanol–water partition coefficient (Wildman–Crippen LogP) is 7.46. The van der Waals surface area contributed by atoms with Crippen molar-refractivity contribution in [1.29, 1.82) is 0 Å². The van der Waals surface area contributed by atoms with Crippen molar-refractivity contribution in [2.45, 2.75) is 35.7 Å². The summed E-state index contributed by atoms with van der Waals surface area (Å²) in [6, 6.07) is 26.3. The Morgan fingerprint density at radius 1 is 0.346 bits per heavy atom. The van der Waals surface area contributed by atoms with Gasteiger partial charge >= 0.3 is 0 Å². The molecule has 6 aromatic rings. The third-order valence-electron chi connectivity index (χ3n) is 11.0. The van der Waals surface area contributed by atoms with Gasteiger partial charge in [0.1, 0.15) is 52.1 Å². The fourth-order valence-corrected chi connectivity index (χ4v) is 9.13. The summed E-state index contributed by atoms with van der Waals surface area (Å²) in [6.07, 6.45) is -0.859. The summed E-state index contributed by atoms with van der Waals surface area (Å²) >= 11 is 0. The summed E-state index contributed by atoms with van der Waals surface area (Å²) in [4.78, 5) is 0. The zero-order valence-corrected chi connectivity index (χ0v) is 27.2. The first kappa shape index (κ1) is 31.3. The molecule has 0 saturated carbocycles. The van der Waals surface area contributed by atoms with Gasteiger partial charge in [-0.05, 0) is 88.0 Å². The van der Waals surface area contributed by atoms with Crippen LogP contribution in [0.5, 0.6) is 57.5 Å². The Morgan fingerprint density at radius 3 is 1.52 bits per heavy atom. The highest BCUT2D eigenvalue weighted by molar-refractivity contribution is 5.72. The van der Waals surface area contributed by atoms with Gasteiger partial charge in [0.05, 0.1) is 5.92 Å². The van der Waals surface area contributed by atoms with E-state index in [0.29, 0.717) is 50.3 Å². The first-order valence-corrected chi connectivity index (χ1v) is 16.7. The van der Waals surface area contributed by atoms with Gasteiger partial charge in [-0.2, -0.15) is 0 Å². The molecule has 9 N–H and O–H groups in total. The molecule has 52 heavy (non-hydrogen) atoms. The van der Waals surface area contributed by atoms with Gasteiger partial charge in [-0.1, -0.05) is 30.3 Å². The molecule has 0 bridgehead atoms. The van der Waals surface area contributed by atoms with Crippen molar-refractivity contribution in [1.82, 2.24) is 0 Å². The number of rotatable bonds is 4. The Bertz CT molecular complexity index is 2400. The minimum absolute atomic E-state index is 0.0241. The molecule has 3 aliphatic rings. The lowest BCUT2D eigenvalue weighted by atomic mass is 9.69. The van der Waals surface area contributed by atoms with Gasteiger partial charge < -0.3 is 50.7 Å². The van der Waals surface area contributed by atoms with Crippen molar-refractivity contribution < 1.29 is 50.7 Å². The third kappa shape index (κ3) is 4.57. The molecule has 0 radical (unpaired) electrons. The monoisotopic (exact) mass is 696 g/mol. The van der Waals surface area contributed by atoms with E-state index in [0.717, 1.165) is 5.56 Å². The van der Waals surface area contributed by atoms with E-state index in [2.05, 4.69) is 0 Å². The molecule has 6 aromatic carbocycles. The number of phenolic OH excluding ortho intramolecular Hbond substituents is 9. The Hall–Kier alpha value is -6.68. The second kappa shape index (κ2) is 11.2. The molecule has 10 nitrogen and oxygen atoms in total. The summed E-state index contributed by atoms with van der Waals surface area (Å²) in [5.41, 5.74) is 5.33. The number of ether oxygens (including phenoxy) is 1. The molecule has 6 atom stereocenters. The minimum Gasteiger partial charge on any atom is -0.508 e. The zero-order valence-electron chi connectivity index (χ0n) is 27.2. The van der Waals surface area contributed by atoms with Crippen molar-refractivity contribution in [3.63, 3.8) is 0 Å². The molecule has 2 aliphatic carbocycles. The summed E-state index contributed by atoms with van der Waals surface area (Å²) in [7, 11) is 0. The maximum absolute atomic E-state index is 12.1. The van der Waals surface area contributed by atoms with Crippen LogP contribution >= 0.6 is 0 Å². The second-order valence-electron chi connectivity index (χ2n) is 13.8.